The fourth-order valence-electron chi connectivity index (χ4n) is 5.29. The Hall–Kier alpha value is -5.07. The van der Waals surface area contributed by atoms with Crippen LogP contribution in [0.4, 0.5) is 14.5 Å². The Bertz CT molecular complexity index is 2230. The number of amides is 2. The number of aromatic hydroxyl groups is 1. The van der Waals surface area contributed by atoms with E-state index in [-0.39, 0.29) is 29.2 Å². The van der Waals surface area contributed by atoms with E-state index in [9.17, 15) is 23.5 Å². The van der Waals surface area contributed by atoms with Gasteiger partial charge in [0.15, 0.2) is 17.3 Å². The first kappa shape index (κ1) is 29.6. The number of rotatable bonds is 9. The molecular formula is C34H24F2N4O4S2. The van der Waals surface area contributed by atoms with Crippen molar-refractivity contribution in [2.45, 2.75) is 18.2 Å². The number of benzene rings is 4. The standard InChI is InChI=1S/C34H24F2N4O4S2/c35-18-13-22(36)32-28(14-18)46-30(39-32)17-45-16-25(38-29(41)15-27-33(42)21-9-3-6-12-26(21)44-27)34(43)40-31-19-7-1-4-10-23(19)37-24-11-5-2-8-20(24)31/h1-14,25,42H,15-17H2,(H,38,41)(H,37,40,43). The number of nitrogens with one attached hydrogen (secondary N) is 2. The predicted molar refractivity (Wildman–Crippen MR) is 177 cm³/mol. The first-order chi connectivity index (χ1) is 22.3. The van der Waals surface area contributed by atoms with E-state index in [4.69, 9.17) is 9.40 Å². The summed E-state index contributed by atoms with van der Waals surface area (Å²) in [4.78, 5) is 36.2. The van der Waals surface area contributed by atoms with E-state index in [0.717, 1.165) is 28.2 Å². The van der Waals surface area contributed by atoms with Crippen molar-refractivity contribution in [1.82, 2.24) is 15.3 Å². The van der Waals surface area contributed by atoms with Crippen molar-refractivity contribution in [1.29, 1.82) is 0 Å². The third-order valence-electron chi connectivity index (χ3n) is 7.42. The van der Waals surface area contributed by atoms with Gasteiger partial charge in [0.1, 0.15) is 28.0 Å². The van der Waals surface area contributed by atoms with Gasteiger partial charge in [0, 0.05) is 28.3 Å². The normalized spacial score (nSPS) is 12.2. The number of thioether (sulfide) groups is 1. The number of halogens is 2. The lowest BCUT2D eigenvalue weighted by molar-refractivity contribution is -0.125. The molecule has 0 aliphatic rings. The molecule has 12 heteroatoms. The highest BCUT2D eigenvalue weighted by Gasteiger charge is 2.25. The first-order valence-electron chi connectivity index (χ1n) is 14.2. The van der Waals surface area contributed by atoms with E-state index in [1.54, 1.807) is 24.3 Å². The number of hydrogen-bond donors (Lipinski definition) is 3. The number of carbonyl (C=O) groups is 2. The summed E-state index contributed by atoms with van der Waals surface area (Å²) < 4.78 is 34.0. The zero-order valence-corrected chi connectivity index (χ0v) is 25.6. The largest absolute Gasteiger partial charge is 0.504 e. The van der Waals surface area contributed by atoms with E-state index in [1.807, 2.05) is 48.5 Å². The molecular weight excluding hydrogens is 631 g/mol. The molecule has 3 heterocycles. The Labute approximate surface area is 268 Å². The monoisotopic (exact) mass is 654 g/mol. The zero-order chi connectivity index (χ0) is 31.8. The van der Waals surface area contributed by atoms with Gasteiger partial charge in [0.25, 0.3) is 0 Å². The van der Waals surface area contributed by atoms with Crippen LogP contribution >= 0.6 is 23.1 Å². The summed E-state index contributed by atoms with van der Waals surface area (Å²) in [6, 6.07) is 22.8. The van der Waals surface area contributed by atoms with Gasteiger partial charge in [-0.05, 0) is 30.3 Å². The van der Waals surface area contributed by atoms with Crippen molar-refractivity contribution in [3.8, 4) is 5.75 Å². The van der Waals surface area contributed by atoms with Crippen LogP contribution in [0.5, 0.6) is 5.75 Å². The number of thiazole rings is 1. The molecule has 7 aromatic rings. The van der Waals surface area contributed by atoms with Crippen LogP contribution in [0.1, 0.15) is 10.8 Å². The third kappa shape index (κ3) is 5.84. The Morgan fingerprint density at radius 1 is 0.913 bits per heavy atom. The van der Waals surface area contributed by atoms with Gasteiger partial charge < -0.3 is 20.2 Å². The Morgan fingerprint density at radius 3 is 2.30 bits per heavy atom. The van der Waals surface area contributed by atoms with Crippen LogP contribution < -0.4 is 10.6 Å². The molecule has 0 aliphatic carbocycles. The predicted octanol–water partition coefficient (Wildman–Crippen LogP) is 7.33. The summed E-state index contributed by atoms with van der Waals surface area (Å²) in [7, 11) is 0. The van der Waals surface area contributed by atoms with Crippen molar-refractivity contribution < 1.29 is 27.9 Å². The van der Waals surface area contributed by atoms with Gasteiger partial charge in [0.05, 0.1) is 33.2 Å². The molecule has 3 aromatic heterocycles. The number of nitrogens with zero attached hydrogens (tertiary/aromatic N) is 2. The van der Waals surface area contributed by atoms with Gasteiger partial charge in [0.2, 0.25) is 11.8 Å². The van der Waals surface area contributed by atoms with Crippen LogP contribution in [0.2, 0.25) is 0 Å². The summed E-state index contributed by atoms with van der Waals surface area (Å²) in [5.41, 5.74) is 2.50. The quantitative estimate of drug-likeness (QED) is 0.140. The smallest absolute Gasteiger partial charge is 0.247 e. The van der Waals surface area contributed by atoms with Gasteiger partial charge in [-0.25, -0.2) is 18.7 Å². The van der Waals surface area contributed by atoms with Crippen LogP contribution in [0.25, 0.3) is 43.0 Å². The van der Waals surface area contributed by atoms with Crippen molar-refractivity contribution in [2.75, 3.05) is 11.1 Å². The number of furan rings is 1. The number of fused-ring (bicyclic) bond motifs is 4. The molecule has 0 radical (unpaired) electrons. The van der Waals surface area contributed by atoms with Gasteiger partial charge in [-0.3, -0.25) is 9.59 Å². The highest BCUT2D eigenvalue weighted by Crippen LogP contribution is 2.33. The van der Waals surface area contributed by atoms with Crippen molar-refractivity contribution in [2.24, 2.45) is 0 Å². The van der Waals surface area contributed by atoms with Crippen LogP contribution in [0.3, 0.4) is 0 Å². The van der Waals surface area contributed by atoms with E-state index < -0.39 is 29.5 Å². The number of hydrogen-bond acceptors (Lipinski definition) is 8. The topological polar surface area (TPSA) is 117 Å². The highest BCUT2D eigenvalue weighted by molar-refractivity contribution is 7.98. The summed E-state index contributed by atoms with van der Waals surface area (Å²) in [6.07, 6.45) is -0.293. The van der Waals surface area contributed by atoms with Crippen molar-refractivity contribution in [3.05, 3.63) is 107 Å². The van der Waals surface area contributed by atoms with E-state index in [1.165, 1.54) is 17.8 Å². The molecule has 0 saturated heterocycles. The number of para-hydroxylation sites is 3. The summed E-state index contributed by atoms with van der Waals surface area (Å²) in [6.45, 7) is 0. The molecule has 4 aromatic carbocycles. The Kier molecular flexibility index (Phi) is 7.97. The van der Waals surface area contributed by atoms with Crippen LogP contribution in [-0.2, 0) is 21.8 Å². The fraction of sp³-hybridized carbons (Fsp3) is 0.118. The zero-order valence-electron chi connectivity index (χ0n) is 23.9. The SMILES string of the molecule is O=C(Cc1oc2ccccc2c1O)NC(CSCc1nc2c(F)cc(F)cc2s1)C(=O)Nc1c2ccccc2nc2ccccc12. The maximum atomic E-state index is 14.2. The average molecular weight is 655 g/mol. The molecule has 3 N–H and O–H groups in total. The highest BCUT2D eigenvalue weighted by atomic mass is 32.2. The lowest BCUT2D eigenvalue weighted by atomic mass is 10.1. The number of aromatic nitrogens is 2. The second kappa shape index (κ2) is 12.4. The van der Waals surface area contributed by atoms with Gasteiger partial charge in [-0.1, -0.05) is 48.5 Å². The average Bonchev–Trinajstić information content (AvgIpc) is 3.60. The van der Waals surface area contributed by atoms with Crippen LogP contribution in [0, 0.1) is 11.6 Å². The molecule has 7 rings (SSSR count). The van der Waals surface area contributed by atoms with Gasteiger partial charge in [-0.2, -0.15) is 11.8 Å². The Morgan fingerprint density at radius 2 is 1.59 bits per heavy atom. The molecule has 0 bridgehead atoms. The minimum absolute atomic E-state index is 0.0837. The maximum absolute atomic E-state index is 14.2. The molecule has 230 valence electrons. The molecule has 0 aliphatic heterocycles. The summed E-state index contributed by atoms with van der Waals surface area (Å²) >= 11 is 2.48. The van der Waals surface area contributed by atoms with Crippen LogP contribution in [-0.4, -0.2) is 38.7 Å². The van der Waals surface area contributed by atoms with E-state index in [2.05, 4.69) is 15.6 Å². The lowest BCUT2D eigenvalue weighted by Gasteiger charge is -2.19. The molecule has 8 nitrogen and oxygen atoms in total. The number of pyridine rings is 1. The fourth-order valence-corrected chi connectivity index (χ4v) is 7.41. The lowest BCUT2D eigenvalue weighted by Crippen LogP contribution is -2.46. The molecule has 2 amide bonds. The molecule has 0 saturated carbocycles. The number of carbonyl (C=O) groups excluding carboxylic acids is 2. The van der Waals surface area contributed by atoms with Crippen molar-refractivity contribution >= 4 is 83.6 Å². The molecule has 0 spiro atoms. The first-order valence-corrected chi connectivity index (χ1v) is 16.2. The van der Waals surface area contributed by atoms with Crippen LogP contribution in [0.15, 0.2) is 89.3 Å². The van der Waals surface area contributed by atoms with Gasteiger partial charge >= 0.3 is 0 Å². The summed E-state index contributed by atoms with van der Waals surface area (Å²) in [5, 5.41) is 19.0. The van der Waals surface area contributed by atoms with Crippen molar-refractivity contribution in [3.63, 3.8) is 0 Å². The molecule has 1 atom stereocenters. The minimum Gasteiger partial charge on any atom is -0.504 e. The van der Waals surface area contributed by atoms with Gasteiger partial charge in [-0.15, -0.1) is 11.3 Å². The Balaban J connectivity index is 1.15. The molecule has 46 heavy (non-hydrogen) atoms. The second-order valence-electron chi connectivity index (χ2n) is 10.5. The maximum Gasteiger partial charge on any atom is 0.247 e. The number of anilines is 1. The van der Waals surface area contributed by atoms with E-state index >= 15 is 0 Å². The summed E-state index contributed by atoms with van der Waals surface area (Å²) in [5.74, 6) is -2.03. The molecule has 0 fully saturated rings. The second-order valence-corrected chi connectivity index (χ2v) is 12.7. The minimum atomic E-state index is -1.02. The van der Waals surface area contributed by atoms with E-state index in [0.29, 0.717) is 43.2 Å². The molecule has 1 unspecified atom stereocenters. The third-order valence-corrected chi connectivity index (χ3v) is 9.65.